The molecule has 0 aliphatic heterocycles. The van der Waals surface area contributed by atoms with Crippen LogP contribution in [0.25, 0.3) is 5.52 Å². The number of amides is 1. The van der Waals surface area contributed by atoms with E-state index in [1.807, 2.05) is 32.0 Å². The highest BCUT2D eigenvalue weighted by atomic mass is 16.5. The summed E-state index contributed by atoms with van der Waals surface area (Å²) in [6.07, 6.45) is 6.50. The minimum absolute atomic E-state index is 0.242. The number of anilines is 2. The van der Waals surface area contributed by atoms with Crippen LogP contribution < -0.4 is 10.7 Å². The van der Waals surface area contributed by atoms with Gasteiger partial charge in [-0.25, -0.2) is 14.3 Å². The molecule has 9 heteroatoms. The largest absolute Gasteiger partial charge is 0.465 e. The number of ether oxygens (including phenoxy) is 1. The third-order valence-electron chi connectivity index (χ3n) is 4.82. The second-order valence-electron chi connectivity index (χ2n) is 6.75. The zero-order chi connectivity index (χ0) is 21.3. The van der Waals surface area contributed by atoms with Gasteiger partial charge in [0, 0.05) is 29.8 Å². The molecule has 0 aliphatic rings. The number of rotatable bonds is 5. The lowest BCUT2D eigenvalue weighted by atomic mass is 10.1. The number of hydrogen-bond donors (Lipinski definition) is 2. The van der Waals surface area contributed by atoms with E-state index in [9.17, 15) is 9.59 Å². The molecule has 0 atom stereocenters. The molecule has 0 bridgehead atoms. The van der Waals surface area contributed by atoms with Gasteiger partial charge >= 0.3 is 5.97 Å². The van der Waals surface area contributed by atoms with E-state index in [4.69, 9.17) is 4.74 Å². The smallest absolute Gasteiger partial charge is 0.339 e. The summed E-state index contributed by atoms with van der Waals surface area (Å²) in [6.45, 7) is 3.74. The van der Waals surface area contributed by atoms with Crippen LogP contribution in [0.2, 0.25) is 0 Å². The van der Waals surface area contributed by atoms with Crippen molar-refractivity contribution in [3.8, 4) is 0 Å². The third kappa shape index (κ3) is 3.48. The summed E-state index contributed by atoms with van der Waals surface area (Å²) in [4.78, 5) is 28.9. The van der Waals surface area contributed by atoms with Gasteiger partial charge in [-0.2, -0.15) is 5.10 Å². The first-order valence-electron chi connectivity index (χ1n) is 9.21. The van der Waals surface area contributed by atoms with Crippen molar-refractivity contribution in [1.82, 2.24) is 19.3 Å². The Balaban J connectivity index is 1.69. The average molecular weight is 404 g/mol. The maximum Gasteiger partial charge on any atom is 0.339 e. The maximum atomic E-state index is 12.6. The van der Waals surface area contributed by atoms with E-state index in [0.29, 0.717) is 28.0 Å². The fourth-order valence-electron chi connectivity index (χ4n) is 3.18. The molecule has 0 radical (unpaired) electrons. The van der Waals surface area contributed by atoms with E-state index in [0.717, 1.165) is 11.3 Å². The number of fused-ring (bicyclic) bond motifs is 1. The van der Waals surface area contributed by atoms with Crippen molar-refractivity contribution >= 4 is 28.9 Å². The number of aromatic nitrogens is 4. The highest BCUT2D eigenvalue weighted by Gasteiger charge is 2.19. The highest BCUT2D eigenvalue weighted by Crippen LogP contribution is 2.27. The van der Waals surface area contributed by atoms with Gasteiger partial charge in [0.25, 0.3) is 5.91 Å². The molecular formula is C21H20N6O3. The molecule has 0 saturated carbocycles. The third-order valence-corrected chi connectivity index (χ3v) is 4.82. The highest BCUT2D eigenvalue weighted by molar-refractivity contribution is 6.01. The summed E-state index contributed by atoms with van der Waals surface area (Å²) in [5.41, 5.74) is 6.68. The lowest BCUT2D eigenvalue weighted by molar-refractivity contribution is 0.0600. The van der Waals surface area contributed by atoms with Crippen molar-refractivity contribution in [2.24, 2.45) is 0 Å². The van der Waals surface area contributed by atoms with Crippen LogP contribution in [-0.2, 0) is 4.74 Å². The molecule has 1 aromatic carbocycles. The van der Waals surface area contributed by atoms with Crippen molar-refractivity contribution in [1.29, 1.82) is 0 Å². The quantitative estimate of drug-likeness (QED) is 0.496. The van der Waals surface area contributed by atoms with E-state index in [2.05, 4.69) is 20.8 Å². The molecule has 9 nitrogen and oxygen atoms in total. The molecule has 1 amide bonds. The summed E-state index contributed by atoms with van der Waals surface area (Å²) in [5, 5.41) is 7.45. The molecule has 0 unspecified atom stereocenters. The molecule has 4 aromatic rings. The molecule has 3 heterocycles. The molecule has 0 spiro atoms. The maximum absolute atomic E-state index is 12.6. The van der Waals surface area contributed by atoms with Crippen LogP contribution in [0.4, 0.5) is 11.5 Å². The minimum atomic E-state index is -0.441. The zero-order valence-corrected chi connectivity index (χ0v) is 16.7. The molecular weight excluding hydrogens is 384 g/mol. The normalized spacial score (nSPS) is 10.8. The fourth-order valence-corrected chi connectivity index (χ4v) is 3.18. The van der Waals surface area contributed by atoms with Crippen molar-refractivity contribution in [3.05, 3.63) is 77.5 Å². The van der Waals surface area contributed by atoms with Gasteiger partial charge in [0.2, 0.25) is 0 Å². The van der Waals surface area contributed by atoms with Crippen LogP contribution >= 0.6 is 0 Å². The Hall–Kier alpha value is -4.14. The molecule has 0 aliphatic carbocycles. The van der Waals surface area contributed by atoms with Crippen molar-refractivity contribution < 1.29 is 14.3 Å². The lowest BCUT2D eigenvalue weighted by Crippen LogP contribution is -2.21. The van der Waals surface area contributed by atoms with E-state index in [1.54, 1.807) is 39.9 Å². The SMILES string of the molecule is COC(=O)c1cn2ncnc(Nc3cc(C(=O)Nn4cccc4)ccc3C)c2c1C. The average Bonchev–Trinajstić information content (AvgIpc) is 3.37. The van der Waals surface area contributed by atoms with Gasteiger partial charge in [-0.1, -0.05) is 6.07 Å². The minimum Gasteiger partial charge on any atom is -0.465 e. The van der Waals surface area contributed by atoms with Gasteiger partial charge in [0.05, 0.1) is 12.7 Å². The lowest BCUT2D eigenvalue weighted by Gasteiger charge is -2.13. The van der Waals surface area contributed by atoms with Crippen LogP contribution in [0.15, 0.2) is 55.2 Å². The second-order valence-corrected chi connectivity index (χ2v) is 6.75. The summed E-state index contributed by atoms with van der Waals surface area (Å²) >= 11 is 0. The summed E-state index contributed by atoms with van der Waals surface area (Å²) in [6, 6.07) is 9.02. The summed E-state index contributed by atoms with van der Waals surface area (Å²) in [5.74, 6) is -0.165. The number of carbonyl (C=O) groups excluding carboxylic acids is 2. The summed E-state index contributed by atoms with van der Waals surface area (Å²) < 4.78 is 8.00. The Morgan fingerprint density at radius 1 is 1.13 bits per heavy atom. The molecule has 0 fully saturated rings. The Kier molecular flexibility index (Phi) is 4.93. The van der Waals surface area contributed by atoms with E-state index >= 15 is 0 Å². The van der Waals surface area contributed by atoms with Crippen LogP contribution in [-0.4, -0.2) is 38.3 Å². The molecule has 4 rings (SSSR count). The first-order valence-corrected chi connectivity index (χ1v) is 9.21. The number of nitrogens with zero attached hydrogens (tertiary/aromatic N) is 4. The molecule has 3 aromatic heterocycles. The van der Waals surface area contributed by atoms with E-state index < -0.39 is 5.97 Å². The van der Waals surface area contributed by atoms with Gasteiger partial charge in [0.1, 0.15) is 11.8 Å². The van der Waals surface area contributed by atoms with Gasteiger partial charge < -0.3 is 10.1 Å². The molecule has 2 N–H and O–H groups in total. The topological polar surface area (TPSA) is 103 Å². The number of methoxy groups -OCH3 is 1. The Labute approximate surface area is 172 Å². The Morgan fingerprint density at radius 2 is 1.90 bits per heavy atom. The first kappa shape index (κ1) is 19.2. The molecule has 0 saturated heterocycles. The number of carbonyl (C=O) groups is 2. The monoisotopic (exact) mass is 404 g/mol. The van der Waals surface area contributed by atoms with Crippen LogP contribution in [0, 0.1) is 13.8 Å². The van der Waals surface area contributed by atoms with Gasteiger partial charge in [-0.3, -0.25) is 14.9 Å². The van der Waals surface area contributed by atoms with E-state index in [-0.39, 0.29) is 5.91 Å². The van der Waals surface area contributed by atoms with Crippen molar-refractivity contribution in [3.63, 3.8) is 0 Å². The number of aryl methyl sites for hydroxylation is 2. The predicted molar refractivity (Wildman–Crippen MR) is 112 cm³/mol. The van der Waals surface area contributed by atoms with Gasteiger partial charge in [-0.05, 0) is 49.2 Å². The van der Waals surface area contributed by atoms with E-state index in [1.165, 1.54) is 13.4 Å². The standard InChI is InChI=1S/C21H20N6O3/c1-13-6-7-15(20(28)25-26-8-4-5-9-26)10-17(13)24-19-18-14(2)16(21(29)30-3)11-27(18)23-12-22-19/h4-12H,1-3H3,(H,25,28)(H,22,23,24). The number of nitrogens with one attached hydrogen (secondary N) is 2. The number of esters is 1. The second kappa shape index (κ2) is 7.70. The zero-order valence-electron chi connectivity index (χ0n) is 16.7. The summed E-state index contributed by atoms with van der Waals surface area (Å²) in [7, 11) is 1.34. The fraction of sp³-hybridized carbons (Fsp3) is 0.143. The number of hydrogen-bond acceptors (Lipinski definition) is 6. The Morgan fingerprint density at radius 3 is 2.63 bits per heavy atom. The van der Waals surface area contributed by atoms with Crippen molar-refractivity contribution in [2.75, 3.05) is 17.9 Å². The van der Waals surface area contributed by atoms with Crippen LogP contribution in [0.5, 0.6) is 0 Å². The van der Waals surface area contributed by atoms with Crippen molar-refractivity contribution in [2.45, 2.75) is 13.8 Å². The predicted octanol–water partition coefficient (Wildman–Crippen LogP) is 3.06. The number of benzene rings is 1. The molecule has 152 valence electrons. The first-order chi connectivity index (χ1) is 14.5. The van der Waals surface area contributed by atoms with Crippen LogP contribution in [0.1, 0.15) is 31.8 Å². The van der Waals surface area contributed by atoms with Gasteiger partial charge in [0.15, 0.2) is 5.82 Å². The van der Waals surface area contributed by atoms with Crippen LogP contribution in [0.3, 0.4) is 0 Å². The Bertz CT molecular complexity index is 1240. The molecule has 30 heavy (non-hydrogen) atoms. The van der Waals surface area contributed by atoms with Gasteiger partial charge in [-0.15, -0.1) is 0 Å².